The number of carbonyl (C=O) groups excluding carboxylic acids is 1. The number of rotatable bonds is 7. The van der Waals surface area contributed by atoms with Crippen molar-refractivity contribution in [2.24, 2.45) is 0 Å². The number of hydrogen-bond donors (Lipinski definition) is 1. The minimum atomic E-state index is -0.322. The molecule has 1 rings (SSSR count). The van der Waals surface area contributed by atoms with E-state index in [0.29, 0.717) is 37.6 Å². The second-order valence-electron chi connectivity index (χ2n) is 3.32. The number of anilines is 1. The van der Waals surface area contributed by atoms with Gasteiger partial charge in [-0.05, 0) is 32.3 Å². The molecule has 0 saturated heterocycles. The van der Waals surface area contributed by atoms with Crippen LogP contribution in [0.1, 0.15) is 29.9 Å². The Hall–Kier alpha value is -1.14. The molecule has 0 aliphatic heterocycles. The molecule has 0 amide bonds. The van der Waals surface area contributed by atoms with E-state index in [1.165, 1.54) is 11.5 Å². The number of carbonyl (C=O) groups is 1. The molecule has 0 bridgehead atoms. The van der Waals surface area contributed by atoms with Gasteiger partial charge in [0.05, 0.1) is 18.9 Å². The van der Waals surface area contributed by atoms with E-state index >= 15 is 0 Å². The third-order valence-electron chi connectivity index (χ3n) is 2.08. The molecule has 0 atom stereocenters. The molecule has 0 saturated carbocycles. The summed E-state index contributed by atoms with van der Waals surface area (Å²) in [6.45, 7) is 7.85. The number of ether oxygens (including phenoxy) is 2. The summed E-state index contributed by atoms with van der Waals surface area (Å²) in [5, 5.41) is 3.89. The zero-order valence-electron chi connectivity index (χ0n) is 10.4. The lowest BCUT2D eigenvalue weighted by atomic mass is 10.2. The number of aromatic nitrogens is 1. The second kappa shape index (κ2) is 7.24. The molecule has 0 unspecified atom stereocenters. The van der Waals surface area contributed by atoms with Crippen LogP contribution in [0, 0.1) is 6.92 Å². The van der Waals surface area contributed by atoms with Gasteiger partial charge < -0.3 is 14.8 Å². The van der Waals surface area contributed by atoms with E-state index in [0.717, 1.165) is 5.00 Å². The normalized spacial score (nSPS) is 10.3. The topological polar surface area (TPSA) is 60.5 Å². The van der Waals surface area contributed by atoms with Crippen molar-refractivity contribution < 1.29 is 14.3 Å². The van der Waals surface area contributed by atoms with Crippen LogP contribution in [0.4, 0.5) is 5.00 Å². The monoisotopic (exact) mass is 258 g/mol. The molecule has 1 aromatic rings. The molecular weight excluding hydrogens is 240 g/mol. The summed E-state index contributed by atoms with van der Waals surface area (Å²) in [6.07, 6.45) is 0. The first-order valence-corrected chi connectivity index (χ1v) is 6.43. The van der Waals surface area contributed by atoms with Crippen LogP contribution in [-0.4, -0.2) is 36.7 Å². The van der Waals surface area contributed by atoms with Crippen molar-refractivity contribution >= 4 is 22.5 Å². The van der Waals surface area contributed by atoms with Crippen molar-refractivity contribution in [1.82, 2.24) is 4.37 Å². The van der Waals surface area contributed by atoms with Crippen LogP contribution >= 0.6 is 11.5 Å². The molecule has 1 heterocycles. The highest BCUT2D eigenvalue weighted by Gasteiger charge is 2.19. The van der Waals surface area contributed by atoms with Crippen molar-refractivity contribution in [1.29, 1.82) is 0 Å². The van der Waals surface area contributed by atoms with Crippen LogP contribution < -0.4 is 5.32 Å². The minimum absolute atomic E-state index is 0.322. The number of nitrogens with zero attached hydrogens (tertiary/aromatic N) is 1. The Balaban J connectivity index is 2.62. The van der Waals surface area contributed by atoms with Crippen molar-refractivity contribution in [3.8, 4) is 0 Å². The van der Waals surface area contributed by atoms with E-state index in [1.54, 1.807) is 13.8 Å². The zero-order chi connectivity index (χ0) is 12.7. The van der Waals surface area contributed by atoms with Gasteiger partial charge in [0.2, 0.25) is 0 Å². The van der Waals surface area contributed by atoms with E-state index in [9.17, 15) is 4.79 Å². The Morgan fingerprint density at radius 2 is 2.18 bits per heavy atom. The van der Waals surface area contributed by atoms with Crippen molar-refractivity contribution in [3.05, 3.63) is 11.3 Å². The highest BCUT2D eigenvalue weighted by Crippen LogP contribution is 2.24. The molecule has 5 nitrogen and oxygen atoms in total. The van der Waals surface area contributed by atoms with Gasteiger partial charge in [-0.25, -0.2) is 4.79 Å². The van der Waals surface area contributed by atoms with Crippen molar-refractivity contribution in [3.63, 3.8) is 0 Å². The molecule has 96 valence electrons. The first-order chi connectivity index (χ1) is 8.20. The van der Waals surface area contributed by atoms with Gasteiger partial charge in [0.1, 0.15) is 10.6 Å². The van der Waals surface area contributed by atoms with Gasteiger partial charge in [-0.2, -0.15) is 4.37 Å². The molecule has 0 spiro atoms. The quantitative estimate of drug-likeness (QED) is 0.599. The first kappa shape index (κ1) is 13.9. The van der Waals surface area contributed by atoms with E-state index in [-0.39, 0.29) is 5.97 Å². The van der Waals surface area contributed by atoms with Gasteiger partial charge in [0, 0.05) is 13.2 Å². The number of esters is 1. The van der Waals surface area contributed by atoms with Crippen LogP contribution in [0.15, 0.2) is 0 Å². The largest absolute Gasteiger partial charge is 0.462 e. The summed E-state index contributed by atoms with van der Waals surface area (Å²) in [5.41, 5.74) is 1.24. The summed E-state index contributed by atoms with van der Waals surface area (Å²) in [4.78, 5) is 11.7. The van der Waals surface area contributed by atoms with E-state index < -0.39 is 0 Å². The van der Waals surface area contributed by atoms with E-state index in [2.05, 4.69) is 9.69 Å². The minimum Gasteiger partial charge on any atom is -0.462 e. The standard InChI is InChI=1S/C11H18N2O3S/c1-4-15-7-6-12-10-9(8(3)13-17-10)11(14)16-5-2/h12H,4-7H2,1-3H3. The maximum atomic E-state index is 11.7. The summed E-state index contributed by atoms with van der Waals surface area (Å²) in [5.74, 6) is -0.322. The fourth-order valence-electron chi connectivity index (χ4n) is 1.32. The van der Waals surface area contributed by atoms with Crippen LogP contribution in [-0.2, 0) is 9.47 Å². The molecular formula is C11H18N2O3S. The van der Waals surface area contributed by atoms with E-state index in [4.69, 9.17) is 9.47 Å². The first-order valence-electron chi connectivity index (χ1n) is 5.65. The van der Waals surface area contributed by atoms with Crippen LogP contribution in [0.25, 0.3) is 0 Å². The molecule has 6 heteroatoms. The number of nitrogens with one attached hydrogen (secondary N) is 1. The Morgan fingerprint density at radius 3 is 2.82 bits per heavy atom. The third kappa shape index (κ3) is 3.98. The fourth-order valence-corrected chi connectivity index (χ4v) is 2.12. The van der Waals surface area contributed by atoms with Crippen LogP contribution in [0.3, 0.4) is 0 Å². The fraction of sp³-hybridized carbons (Fsp3) is 0.636. The van der Waals surface area contributed by atoms with Gasteiger partial charge in [-0.3, -0.25) is 0 Å². The van der Waals surface area contributed by atoms with Gasteiger partial charge >= 0.3 is 5.97 Å². The lowest BCUT2D eigenvalue weighted by molar-refractivity contribution is 0.0527. The average molecular weight is 258 g/mol. The zero-order valence-corrected chi connectivity index (χ0v) is 11.2. The Kier molecular flexibility index (Phi) is 5.93. The predicted molar refractivity (Wildman–Crippen MR) is 67.8 cm³/mol. The highest BCUT2D eigenvalue weighted by molar-refractivity contribution is 7.10. The molecule has 0 radical (unpaired) electrons. The third-order valence-corrected chi connectivity index (χ3v) is 2.97. The maximum absolute atomic E-state index is 11.7. The van der Waals surface area contributed by atoms with Gasteiger partial charge in [-0.1, -0.05) is 0 Å². The molecule has 0 aliphatic rings. The smallest absolute Gasteiger partial charge is 0.343 e. The molecule has 17 heavy (non-hydrogen) atoms. The van der Waals surface area contributed by atoms with Gasteiger partial charge in [0.25, 0.3) is 0 Å². The summed E-state index contributed by atoms with van der Waals surface area (Å²) < 4.78 is 14.4. The van der Waals surface area contributed by atoms with E-state index in [1.807, 2.05) is 6.92 Å². The SMILES string of the molecule is CCOCCNc1snc(C)c1C(=O)OCC. The van der Waals surface area contributed by atoms with Gasteiger partial charge in [0.15, 0.2) is 0 Å². The Labute approximate surface area is 105 Å². The van der Waals surface area contributed by atoms with Gasteiger partial charge in [-0.15, -0.1) is 0 Å². The number of aryl methyl sites for hydroxylation is 1. The summed E-state index contributed by atoms with van der Waals surface area (Å²) >= 11 is 1.27. The maximum Gasteiger partial charge on any atom is 0.343 e. The second-order valence-corrected chi connectivity index (χ2v) is 4.09. The predicted octanol–water partition coefficient (Wildman–Crippen LogP) is 2.08. The highest BCUT2D eigenvalue weighted by atomic mass is 32.1. The molecule has 1 aromatic heterocycles. The molecule has 0 aromatic carbocycles. The number of hydrogen-bond acceptors (Lipinski definition) is 6. The van der Waals surface area contributed by atoms with Crippen molar-refractivity contribution in [2.75, 3.05) is 31.7 Å². The van der Waals surface area contributed by atoms with Crippen LogP contribution in [0.2, 0.25) is 0 Å². The summed E-state index contributed by atoms with van der Waals surface area (Å²) in [6, 6.07) is 0. The lowest BCUT2D eigenvalue weighted by Crippen LogP contribution is -2.12. The van der Waals surface area contributed by atoms with Crippen molar-refractivity contribution in [2.45, 2.75) is 20.8 Å². The molecule has 1 N–H and O–H groups in total. The lowest BCUT2D eigenvalue weighted by Gasteiger charge is -2.06. The summed E-state index contributed by atoms with van der Waals surface area (Å²) in [7, 11) is 0. The van der Waals surface area contributed by atoms with Crippen LogP contribution in [0.5, 0.6) is 0 Å². The Bertz CT molecular complexity index is 366. The average Bonchev–Trinajstić information content (AvgIpc) is 2.66. The molecule has 0 fully saturated rings. The Morgan fingerprint density at radius 1 is 1.41 bits per heavy atom. The molecule has 0 aliphatic carbocycles.